The smallest absolute Gasteiger partial charge is 0.256 e. The molecule has 0 atom stereocenters. The van der Waals surface area contributed by atoms with Gasteiger partial charge in [-0.1, -0.05) is 0 Å². The van der Waals surface area contributed by atoms with E-state index in [4.69, 9.17) is 9.84 Å². The van der Waals surface area contributed by atoms with Gasteiger partial charge in [0, 0.05) is 18.8 Å². The van der Waals surface area contributed by atoms with E-state index in [9.17, 15) is 4.39 Å². The molecule has 0 bridgehead atoms. The van der Waals surface area contributed by atoms with Gasteiger partial charge in [0.05, 0.1) is 19.0 Å². The van der Waals surface area contributed by atoms with Crippen molar-refractivity contribution in [2.75, 3.05) is 0 Å². The van der Waals surface area contributed by atoms with Crippen molar-refractivity contribution in [3.05, 3.63) is 36.0 Å². The Bertz CT molecular complexity index is 499. The fourth-order valence-electron chi connectivity index (χ4n) is 1.22. The molecule has 0 amide bonds. The number of aliphatic hydroxyl groups is 1. The third-order valence-corrected chi connectivity index (χ3v) is 2.00. The Morgan fingerprint density at radius 1 is 1.56 bits per heavy atom. The number of hydrogen-bond donors (Lipinski definition) is 1. The van der Waals surface area contributed by atoms with Gasteiger partial charge in [-0.3, -0.25) is 4.68 Å². The molecule has 6 heteroatoms. The van der Waals surface area contributed by atoms with Gasteiger partial charge in [0.15, 0.2) is 11.6 Å². The molecular formula is C10H10FN3O2. The van der Waals surface area contributed by atoms with Crippen molar-refractivity contribution < 1.29 is 14.2 Å². The Balaban J connectivity index is 2.28. The van der Waals surface area contributed by atoms with Crippen molar-refractivity contribution in [2.24, 2.45) is 7.05 Å². The lowest BCUT2D eigenvalue weighted by Crippen LogP contribution is -1.96. The molecule has 2 heterocycles. The van der Waals surface area contributed by atoms with Gasteiger partial charge in [-0.2, -0.15) is 5.10 Å². The SMILES string of the molecule is Cn1cc(Oc2nccc(CO)c2F)cn1. The van der Waals surface area contributed by atoms with Crippen LogP contribution in [-0.4, -0.2) is 19.9 Å². The van der Waals surface area contributed by atoms with E-state index in [1.807, 2.05) is 0 Å². The number of aryl methyl sites for hydroxylation is 1. The number of halogens is 1. The number of aromatic nitrogens is 3. The summed E-state index contributed by atoms with van der Waals surface area (Å²) < 4.78 is 20.3. The highest BCUT2D eigenvalue weighted by Crippen LogP contribution is 2.23. The summed E-state index contributed by atoms with van der Waals surface area (Å²) in [6.45, 7) is -0.391. The molecule has 0 aromatic carbocycles. The first-order chi connectivity index (χ1) is 7.70. The largest absolute Gasteiger partial charge is 0.433 e. The molecule has 0 aliphatic carbocycles. The van der Waals surface area contributed by atoms with Crippen LogP contribution in [0.2, 0.25) is 0 Å². The van der Waals surface area contributed by atoms with Gasteiger partial charge in [-0.25, -0.2) is 9.37 Å². The van der Waals surface area contributed by atoms with Crippen LogP contribution in [0.1, 0.15) is 5.56 Å². The van der Waals surface area contributed by atoms with Crippen LogP contribution in [0.4, 0.5) is 4.39 Å². The average molecular weight is 223 g/mol. The monoisotopic (exact) mass is 223 g/mol. The van der Waals surface area contributed by atoms with Crippen molar-refractivity contribution in [2.45, 2.75) is 6.61 Å². The summed E-state index contributed by atoms with van der Waals surface area (Å²) in [6.07, 6.45) is 4.42. The van der Waals surface area contributed by atoms with Crippen molar-refractivity contribution in [3.8, 4) is 11.6 Å². The molecule has 2 rings (SSSR count). The number of nitrogens with zero attached hydrogens (tertiary/aromatic N) is 3. The average Bonchev–Trinajstić information content (AvgIpc) is 2.67. The second kappa shape index (κ2) is 4.28. The predicted molar refractivity (Wildman–Crippen MR) is 53.4 cm³/mol. The first-order valence-corrected chi connectivity index (χ1v) is 4.61. The minimum Gasteiger partial charge on any atom is -0.433 e. The third kappa shape index (κ3) is 2.01. The zero-order chi connectivity index (χ0) is 11.5. The van der Waals surface area contributed by atoms with E-state index in [2.05, 4.69) is 10.1 Å². The molecule has 0 saturated carbocycles. The Labute approximate surface area is 91.1 Å². The van der Waals surface area contributed by atoms with Crippen molar-refractivity contribution in [1.82, 2.24) is 14.8 Å². The van der Waals surface area contributed by atoms with Gasteiger partial charge in [0.25, 0.3) is 5.88 Å². The molecule has 0 unspecified atom stereocenters. The fourth-order valence-corrected chi connectivity index (χ4v) is 1.22. The molecule has 84 valence electrons. The minimum atomic E-state index is -0.658. The summed E-state index contributed by atoms with van der Waals surface area (Å²) in [5.74, 6) is -0.433. The lowest BCUT2D eigenvalue weighted by molar-refractivity contribution is 0.273. The number of rotatable bonds is 3. The first kappa shape index (κ1) is 10.6. The van der Waals surface area contributed by atoms with E-state index in [-0.39, 0.29) is 11.4 Å². The number of aliphatic hydroxyl groups excluding tert-OH is 1. The van der Waals surface area contributed by atoms with Gasteiger partial charge >= 0.3 is 0 Å². The molecule has 0 fully saturated rings. The summed E-state index contributed by atoms with van der Waals surface area (Å²) in [5.41, 5.74) is 0.147. The number of pyridine rings is 1. The topological polar surface area (TPSA) is 60.2 Å². The zero-order valence-corrected chi connectivity index (χ0v) is 8.59. The molecule has 0 aliphatic rings. The molecule has 0 radical (unpaired) electrons. The summed E-state index contributed by atoms with van der Waals surface area (Å²) in [5, 5.41) is 12.8. The van der Waals surface area contributed by atoms with Crippen LogP contribution in [-0.2, 0) is 13.7 Å². The third-order valence-electron chi connectivity index (χ3n) is 2.00. The molecule has 0 aliphatic heterocycles. The molecule has 0 saturated heterocycles. The second-order valence-electron chi connectivity index (χ2n) is 3.20. The van der Waals surface area contributed by atoms with Crippen LogP contribution in [0.3, 0.4) is 0 Å². The quantitative estimate of drug-likeness (QED) is 0.850. The van der Waals surface area contributed by atoms with Crippen LogP contribution in [0, 0.1) is 5.82 Å². The molecule has 1 N–H and O–H groups in total. The van der Waals surface area contributed by atoms with Crippen LogP contribution >= 0.6 is 0 Å². The minimum absolute atomic E-state index is 0.147. The Morgan fingerprint density at radius 3 is 3.00 bits per heavy atom. The highest BCUT2D eigenvalue weighted by Gasteiger charge is 2.11. The number of hydrogen-bond acceptors (Lipinski definition) is 4. The Kier molecular flexibility index (Phi) is 2.82. The highest BCUT2D eigenvalue weighted by molar-refractivity contribution is 5.27. The van der Waals surface area contributed by atoms with Crippen molar-refractivity contribution >= 4 is 0 Å². The Morgan fingerprint density at radius 2 is 2.38 bits per heavy atom. The second-order valence-corrected chi connectivity index (χ2v) is 3.20. The van der Waals surface area contributed by atoms with Crippen molar-refractivity contribution in [3.63, 3.8) is 0 Å². The van der Waals surface area contributed by atoms with Gasteiger partial charge in [-0.05, 0) is 6.07 Å². The lowest BCUT2D eigenvalue weighted by Gasteiger charge is -2.05. The predicted octanol–water partition coefficient (Wildman–Crippen LogP) is 1.24. The molecule has 16 heavy (non-hydrogen) atoms. The summed E-state index contributed by atoms with van der Waals surface area (Å²) in [4.78, 5) is 3.75. The van der Waals surface area contributed by atoms with Crippen LogP contribution in [0.5, 0.6) is 11.6 Å². The summed E-state index contributed by atoms with van der Waals surface area (Å²) in [7, 11) is 1.72. The summed E-state index contributed by atoms with van der Waals surface area (Å²) in [6, 6.07) is 1.39. The van der Waals surface area contributed by atoms with E-state index in [1.54, 1.807) is 13.2 Å². The van der Waals surface area contributed by atoms with E-state index < -0.39 is 12.4 Å². The zero-order valence-electron chi connectivity index (χ0n) is 8.59. The fraction of sp³-hybridized carbons (Fsp3) is 0.200. The molecule has 2 aromatic rings. The normalized spacial score (nSPS) is 10.4. The maximum atomic E-state index is 13.6. The molecule has 0 spiro atoms. The van der Waals surface area contributed by atoms with Crippen LogP contribution in [0.15, 0.2) is 24.7 Å². The van der Waals surface area contributed by atoms with Crippen molar-refractivity contribution in [1.29, 1.82) is 0 Å². The molecule has 5 nitrogen and oxygen atoms in total. The van der Waals surface area contributed by atoms with Gasteiger partial charge in [-0.15, -0.1) is 0 Å². The van der Waals surface area contributed by atoms with E-state index in [1.165, 1.54) is 23.1 Å². The van der Waals surface area contributed by atoms with Crippen LogP contribution in [0.25, 0.3) is 0 Å². The Hall–Kier alpha value is -1.95. The molecular weight excluding hydrogens is 213 g/mol. The molecule has 2 aromatic heterocycles. The number of ether oxygens (including phenoxy) is 1. The van der Waals surface area contributed by atoms with Gasteiger partial charge in [0.1, 0.15) is 0 Å². The van der Waals surface area contributed by atoms with Gasteiger partial charge < -0.3 is 9.84 Å². The standard InChI is InChI=1S/C10H10FN3O2/c1-14-5-8(4-13-14)16-10-9(11)7(6-15)2-3-12-10/h2-5,15H,6H2,1H3. The highest BCUT2D eigenvalue weighted by atomic mass is 19.1. The maximum Gasteiger partial charge on any atom is 0.256 e. The van der Waals surface area contributed by atoms with E-state index in [0.717, 1.165) is 0 Å². The van der Waals surface area contributed by atoms with Gasteiger partial charge in [0.2, 0.25) is 0 Å². The van der Waals surface area contributed by atoms with E-state index in [0.29, 0.717) is 5.75 Å². The maximum absolute atomic E-state index is 13.6. The lowest BCUT2D eigenvalue weighted by atomic mass is 10.3. The summed E-state index contributed by atoms with van der Waals surface area (Å²) >= 11 is 0. The van der Waals surface area contributed by atoms with E-state index >= 15 is 0 Å². The first-order valence-electron chi connectivity index (χ1n) is 4.61. The van der Waals surface area contributed by atoms with Crippen LogP contribution < -0.4 is 4.74 Å².